The molecule has 0 amide bonds. The monoisotopic (exact) mass is 436 g/mol. The molecule has 0 unspecified atom stereocenters. The fraction of sp³-hybridized carbons (Fsp3) is 0.667. The van der Waals surface area contributed by atoms with Crippen LogP contribution in [0.15, 0.2) is 11.4 Å². The summed E-state index contributed by atoms with van der Waals surface area (Å²) >= 11 is 1.53. The van der Waals surface area contributed by atoms with Gasteiger partial charge in [0.25, 0.3) is 0 Å². The van der Waals surface area contributed by atoms with Gasteiger partial charge in [-0.25, -0.2) is 23.7 Å². The molecule has 0 spiro atoms. The number of hydrogen-bond acceptors (Lipinski definition) is 7. The van der Waals surface area contributed by atoms with E-state index >= 15 is 0 Å². The van der Waals surface area contributed by atoms with Gasteiger partial charge < -0.3 is 10.2 Å². The van der Waals surface area contributed by atoms with Crippen LogP contribution in [0.2, 0.25) is 0 Å². The molecular weight excluding hydrogens is 406 g/mol. The SMILES string of the molecule is Cc1csc(-c2nc(NC3CCC(F)(F)CC3)cc(N3CCN(C(C)C)CC3)n2)n1. The second kappa shape index (κ2) is 8.70. The molecule has 0 radical (unpaired) electrons. The van der Waals surface area contributed by atoms with Crippen molar-refractivity contribution in [2.45, 2.75) is 64.5 Å². The van der Waals surface area contributed by atoms with Gasteiger partial charge in [-0.3, -0.25) is 4.90 Å². The minimum absolute atomic E-state index is 0.0102. The van der Waals surface area contributed by atoms with Crippen molar-refractivity contribution in [2.24, 2.45) is 0 Å². The van der Waals surface area contributed by atoms with Crippen LogP contribution in [0.25, 0.3) is 10.8 Å². The van der Waals surface area contributed by atoms with E-state index < -0.39 is 5.92 Å². The third kappa shape index (κ3) is 5.06. The zero-order valence-electron chi connectivity index (χ0n) is 17.9. The van der Waals surface area contributed by atoms with Crippen molar-refractivity contribution in [3.8, 4) is 10.8 Å². The number of anilines is 2. The number of nitrogens with one attached hydrogen (secondary N) is 1. The van der Waals surface area contributed by atoms with Crippen molar-refractivity contribution in [3.63, 3.8) is 0 Å². The van der Waals surface area contributed by atoms with Gasteiger partial charge in [0.15, 0.2) is 10.8 Å². The van der Waals surface area contributed by atoms with E-state index in [1.54, 1.807) is 0 Å². The maximum atomic E-state index is 13.5. The smallest absolute Gasteiger partial charge is 0.248 e. The average Bonchev–Trinajstić information content (AvgIpc) is 3.16. The lowest BCUT2D eigenvalue weighted by Gasteiger charge is -2.37. The molecule has 2 aliphatic rings. The number of piperazine rings is 1. The molecular formula is C21H30F2N6S. The number of rotatable bonds is 5. The first-order valence-corrected chi connectivity index (χ1v) is 11.6. The van der Waals surface area contributed by atoms with Crippen LogP contribution in [-0.4, -0.2) is 64.0 Å². The van der Waals surface area contributed by atoms with E-state index in [0.29, 0.717) is 30.5 Å². The first kappa shape index (κ1) is 21.4. The Hall–Kier alpha value is -1.87. The number of nitrogens with zero attached hydrogens (tertiary/aromatic N) is 5. The topological polar surface area (TPSA) is 57.2 Å². The third-order valence-corrected chi connectivity index (χ3v) is 6.92. The van der Waals surface area contributed by atoms with Gasteiger partial charge in [0, 0.05) is 68.2 Å². The van der Waals surface area contributed by atoms with Gasteiger partial charge in [-0.2, -0.15) is 0 Å². The van der Waals surface area contributed by atoms with E-state index in [4.69, 9.17) is 4.98 Å². The van der Waals surface area contributed by atoms with Crippen molar-refractivity contribution in [1.29, 1.82) is 0 Å². The van der Waals surface area contributed by atoms with Crippen LogP contribution >= 0.6 is 11.3 Å². The fourth-order valence-electron chi connectivity index (χ4n) is 4.08. The standard InChI is InChI=1S/C21H30F2N6S/c1-14(2)28-8-10-29(11-9-28)18-12-17(25-16-4-6-21(22,23)7-5-16)26-19(27-18)20-24-15(3)13-30-20/h12-14,16H,4-11H2,1-3H3,(H,25,26,27). The second-order valence-electron chi connectivity index (χ2n) is 8.62. The van der Waals surface area contributed by atoms with E-state index in [9.17, 15) is 8.78 Å². The van der Waals surface area contributed by atoms with Crippen molar-refractivity contribution >= 4 is 23.0 Å². The molecule has 1 aliphatic carbocycles. The third-order valence-electron chi connectivity index (χ3n) is 5.96. The molecule has 30 heavy (non-hydrogen) atoms. The number of aromatic nitrogens is 3. The number of halogens is 2. The minimum atomic E-state index is -2.53. The fourth-order valence-corrected chi connectivity index (χ4v) is 4.81. The molecule has 6 nitrogen and oxygen atoms in total. The lowest BCUT2D eigenvalue weighted by Crippen LogP contribution is -2.49. The van der Waals surface area contributed by atoms with Crippen LogP contribution < -0.4 is 10.2 Å². The molecule has 2 aromatic rings. The summed E-state index contributed by atoms with van der Waals surface area (Å²) in [5, 5.41) is 6.17. The van der Waals surface area contributed by atoms with E-state index in [-0.39, 0.29) is 18.9 Å². The van der Waals surface area contributed by atoms with Gasteiger partial charge in [-0.15, -0.1) is 11.3 Å². The number of aryl methyl sites for hydroxylation is 1. The highest BCUT2D eigenvalue weighted by Gasteiger charge is 2.35. The Kier molecular flexibility index (Phi) is 6.20. The second-order valence-corrected chi connectivity index (χ2v) is 9.48. The molecule has 164 valence electrons. The predicted octanol–water partition coefficient (Wildman–Crippen LogP) is 4.43. The van der Waals surface area contributed by atoms with Crippen LogP contribution in [0.1, 0.15) is 45.2 Å². The Labute approximate surface area is 180 Å². The quantitative estimate of drug-likeness (QED) is 0.748. The number of hydrogen-bond donors (Lipinski definition) is 1. The summed E-state index contributed by atoms with van der Waals surface area (Å²) in [4.78, 5) is 18.8. The first-order valence-electron chi connectivity index (χ1n) is 10.7. The molecule has 4 rings (SSSR count). The molecule has 2 fully saturated rings. The van der Waals surface area contributed by atoms with Gasteiger partial charge >= 0.3 is 0 Å². The van der Waals surface area contributed by atoms with Crippen LogP contribution in [0.4, 0.5) is 20.4 Å². The maximum absolute atomic E-state index is 13.5. The summed E-state index contributed by atoms with van der Waals surface area (Å²) in [6.45, 7) is 10.2. The summed E-state index contributed by atoms with van der Waals surface area (Å²) in [7, 11) is 0. The Bertz CT molecular complexity index is 853. The summed E-state index contributed by atoms with van der Waals surface area (Å²) in [5.41, 5.74) is 0.943. The Morgan fingerprint density at radius 2 is 1.80 bits per heavy atom. The molecule has 2 aromatic heterocycles. The molecule has 1 aliphatic heterocycles. The summed E-state index contributed by atoms with van der Waals surface area (Å²) in [5.74, 6) is -0.362. The molecule has 9 heteroatoms. The lowest BCUT2D eigenvalue weighted by molar-refractivity contribution is -0.0361. The highest BCUT2D eigenvalue weighted by molar-refractivity contribution is 7.13. The van der Waals surface area contributed by atoms with Crippen molar-refractivity contribution in [2.75, 3.05) is 36.4 Å². The van der Waals surface area contributed by atoms with Crippen LogP contribution in [-0.2, 0) is 0 Å². The van der Waals surface area contributed by atoms with Crippen molar-refractivity contribution in [3.05, 3.63) is 17.1 Å². The molecule has 1 saturated heterocycles. The highest BCUT2D eigenvalue weighted by atomic mass is 32.1. The largest absolute Gasteiger partial charge is 0.367 e. The lowest BCUT2D eigenvalue weighted by atomic mass is 9.92. The van der Waals surface area contributed by atoms with Crippen LogP contribution in [0, 0.1) is 6.92 Å². The Morgan fingerprint density at radius 1 is 1.10 bits per heavy atom. The zero-order chi connectivity index (χ0) is 21.3. The average molecular weight is 437 g/mol. The zero-order valence-corrected chi connectivity index (χ0v) is 18.7. The normalized spacial score (nSPS) is 20.7. The van der Waals surface area contributed by atoms with E-state index in [1.807, 2.05) is 18.4 Å². The summed E-state index contributed by atoms with van der Waals surface area (Å²) in [6.07, 6.45) is 0.757. The minimum Gasteiger partial charge on any atom is -0.367 e. The summed E-state index contributed by atoms with van der Waals surface area (Å²) < 4.78 is 27.1. The maximum Gasteiger partial charge on any atom is 0.248 e. The van der Waals surface area contributed by atoms with Gasteiger partial charge in [-0.05, 0) is 33.6 Å². The van der Waals surface area contributed by atoms with E-state index in [0.717, 1.165) is 42.7 Å². The van der Waals surface area contributed by atoms with Crippen LogP contribution in [0.3, 0.4) is 0 Å². The molecule has 0 bridgehead atoms. The van der Waals surface area contributed by atoms with Crippen LogP contribution in [0.5, 0.6) is 0 Å². The van der Waals surface area contributed by atoms with Crippen molar-refractivity contribution < 1.29 is 8.78 Å². The molecule has 0 aromatic carbocycles. The van der Waals surface area contributed by atoms with Gasteiger partial charge in [-0.1, -0.05) is 0 Å². The molecule has 3 heterocycles. The summed E-state index contributed by atoms with van der Waals surface area (Å²) in [6, 6.07) is 2.51. The Balaban J connectivity index is 1.56. The van der Waals surface area contributed by atoms with E-state index in [2.05, 4.69) is 38.9 Å². The van der Waals surface area contributed by atoms with Crippen molar-refractivity contribution in [1.82, 2.24) is 19.9 Å². The predicted molar refractivity (Wildman–Crippen MR) is 118 cm³/mol. The molecule has 0 atom stereocenters. The van der Waals surface area contributed by atoms with Gasteiger partial charge in [0.1, 0.15) is 11.6 Å². The highest BCUT2D eigenvalue weighted by Crippen LogP contribution is 2.34. The first-order chi connectivity index (χ1) is 14.3. The Morgan fingerprint density at radius 3 is 2.40 bits per heavy atom. The number of alkyl halides is 2. The van der Waals surface area contributed by atoms with E-state index in [1.165, 1.54) is 11.3 Å². The molecule has 1 N–H and O–H groups in total. The molecule has 1 saturated carbocycles. The van der Waals surface area contributed by atoms with Gasteiger partial charge in [0.05, 0.1) is 0 Å². The number of thiazole rings is 1. The van der Waals surface area contributed by atoms with Gasteiger partial charge in [0.2, 0.25) is 5.92 Å².